The number of hydrogen-bond acceptors (Lipinski definition) is 4. The number of carbonyl (C=O) groups excluding carboxylic acids is 1. The zero-order valence-electron chi connectivity index (χ0n) is 17.5. The van der Waals surface area contributed by atoms with E-state index in [4.69, 9.17) is 16.7 Å². The fourth-order valence-electron chi connectivity index (χ4n) is 3.54. The number of hydrogen-bond donors (Lipinski definition) is 3. The first kappa shape index (κ1) is 22.2. The van der Waals surface area contributed by atoms with E-state index in [0.29, 0.717) is 0 Å². The van der Waals surface area contributed by atoms with Crippen LogP contribution in [0.15, 0.2) is 71.7 Å². The SMILES string of the molecule is CC(NC(=O)c1c(O)c2cc(Cl)cn2n(Cc2ccc(-c3ccccc3)cc2)c1=O)C(=O)O. The summed E-state index contributed by atoms with van der Waals surface area (Å²) in [4.78, 5) is 37.0. The van der Waals surface area contributed by atoms with E-state index in [9.17, 15) is 19.5 Å². The fraction of sp³-hybridized carbons (Fsp3) is 0.125. The molecule has 0 saturated carbocycles. The first-order valence-electron chi connectivity index (χ1n) is 10.1. The molecule has 8 nitrogen and oxygen atoms in total. The molecule has 4 aromatic rings. The van der Waals surface area contributed by atoms with Crippen molar-refractivity contribution in [2.24, 2.45) is 0 Å². The van der Waals surface area contributed by atoms with Crippen LogP contribution in [0.3, 0.4) is 0 Å². The molecule has 2 aromatic carbocycles. The average Bonchev–Trinajstić information content (AvgIpc) is 3.19. The Hall–Kier alpha value is -4.04. The predicted molar refractivity (Wildman–Crippen MR) is 124 cm³/mol. The van der Waals surface area contributed by atoms with Gasteiger partial charge in [0.2, 0.25) is 0 Å². The van der Waals surface area contributed by atoms with E-state index >= 15 is 0 Å². The topological polar surface area (TPSA) is 113 Å². The molecular weight excluding hydrogens is 446 g/mol. The van der Waals surface area contributed by atoms with Gasteiger partial charge >= 0.3 is 5.97 Å². The van der Waals surface area contributed by atoms with Crippen LogP contribution in [0.4, 0.5) is 0 Å². The normalized spacial score (nSPS) is 11.9. The summed E-state index contributed by atoms with van der Waals surface area (Å²) in [5.41, 5.74) is 1.65. The number of fused-ring (bicyclic) bond motifs is 1. The molecule has 0 aliphatic carbocycles. The van der Waals surface area contributed by atoms with Gasteiger partial charge in [0.15, 0.2) is 5.75 Å². The number of carbonyl (C=O) groups is 2. The van der Waals surface area contributed by atoms with Crippen LogP contribution in [0.25, 0.3) is 16.6 Å². The highest BCUT2D eigenvalue weighted by Gasteiger charge is 2.25. The highest BCUT2D eigenvalue weighted by atomic mass is 35.5. The molecule has 0 bridgehead atoms. The summed E-state index contributed by atoms with van der Waals surface area (Å²) in [7, 11) is 0. The lowest BCUT2D eigenvalue weighted by Crippen LogP contribution is -2.42. The minimum Gasteiger partial charge on any atom is -0.505 e. The van der Waals surface area contributed by atoms with Gasteiger partial charge in [-0.2, -0.15) is 0 Å². The van der Waals surface area contributed by atoms with Crippen LogP contribution >= 0.6 is 11.6 Å². The third-order valence-electron chi connectivity index (χ3n) is 5.29. The zero-order chi connectivity index (χ0) is 23.7. The summed E-state index contributed by atoms with van der Waals surface area (Å²) >= 11 is 6.10. The Morgan fingerprint density at radius 1 is 1.06 bits per heavy atom. The number of aromatic hydroxyl groups is 1. The van der Waals surface area contributed by atoms with Gasteiger partial charge in [0.25, 0.3) is 11.5 Å². The minimum absolute atomic E-state index is 0.0878. The first-order valence-corrected chi connectivity index (χ1v) is 10.5. The Bertz CT molecular complexity index is 1410. The molecule has 0 radical (unpaired) electrons. The van der Waals surface area contributed by atoms with Crippen LogP contribution < -0.4 is 10.9 Å². The first-order chi connectivity index (χ1) is 15.8. The molecule has 2 aromatic heterocycles. The Morgan fingerprint density at radius 2 is 1.70 bits per heavy atom. The van der Waals surface area contributed by atoms with Crippen molar-refractivity contribution in [2.45, 2.75) is 19.5 Å². The van der Waals surface area contributed by atoms with Gasteiger partial charge in [0.1, 0.15) is 17.1 Å². The lowest BCUT2D eigenvalue weighted by molar-refractivity contribution is -0.138. The number of aliphatic carboxylic acids is 1. The van der Waals surface area contributed by atoms with Gasteiger partial charge in [-0.15, -0.1) is 0 Å². The smallest absolute Gasteiger partial charge is 0.325 e. The summed E-state index contributed by atoms with van der Waals surface area (Å²) in [5.74, 6) is -2.83. The van der Waals surface area contributed by atoms with E-state index in [1.165, 1.54) is 28.4 Å². The molecule has 2 heterocycles. The van der Waals surface area contributed by atoms with Crippen molar-refractivity contribution in [3.8, 4) is 16.9 Å². The average molecular weight is 466 g/mol. The van der Waals surface area contributed by atoms with Crippen LogP contribution in [-0.2, 0) is 11.3 Å². The Kier molecular flexibility index (Phi) is 5.93. The quantitative estimate of drug-likeness (QED) is 0.404. The summed E-state index contributed by atoms with van der Waals surface area (Å²) in [6.45, 7) is 1.35. The van der Waals surface area contributed by atoms with E-state index in [1.54, 1.807) is 0 Å². The maximum absolute atomic E-state index is 13.2. The number of benzene rings is 2. The van der Waals surface area contributed by atoms with E-state index in [0.717, 1.165) is 16.7 Å². The number of rotatable bonds is 6. The second-order valence-corrected chi connectivity index (χ2v) is 8.01. The Balaban J connectivity index is 1.76. The van der Waals surface area contributed by atoms with Crippen molar-refractivity contribution < 1.29 is 19.8 Å². The van der Waals surface area contributed by atoms with Gasteiger partial charge < -0.3 is 15.5 Å². The summed E-state index contributed by atoms with van der Waals surface area (Å²) in [5, 5.41) is 22.2. The van der Waals surface area contributed by atoms with Gasteiger partial charge in [-0.05, 0) is 29.7 Å². The molecular formula is C24H20ClN3O5. The van der Waals surface area contributed by atoms with Gasteiger partial charge in [-0.3, -0.25) is 18.9 Å². The largest absolute Gasteiger partial charge is 0.505 e. The van der Waals surface area contributed by atoms with Crippen molar-refractivity contribution >= 4 is 29.0 Å². The number of carboxylic acid groups (broad SMARTS) is 1. The molecule has 0 fully saturated rings. The minimum atomic E-state index is -1.27. The van der Waals surface area contributed by atoms with E-state index < -0.39 is 34.8 Å². The third-order valence-corrected chi connectivity index (χ3v) is 5.50. The maximum Gasteiger partial charge on any atom is 0.325 e. The zero-order valence-corrected chi connectivity index (χ0v) is 18.3. The lowest BCUT2D eigenvalue weighted by atomic mass is 10.0. The summed E-state index contributed by atoms with van der Waals surface area (Å²) < 4.78 is 2.64. The fourth-order valence-corrected chi connectivity index (χ4v) is 3.74. The van der Waals surface area contributed by atoms with Gasteiger partial charge in [-0.25, -0.2) is 4.68 Å². The molecule has 0 saturated heterocycles. The Morgan fingerprint density at radius 3 is 2.33 bits per heavy atom. The van der Waals surface area contributed by atoms with Crippen LogP contribution in [0, 0.1) is 0 Å². The molecule has 3 N–H and O–H groups in total. The lowest BCUT2D eigenvalue weighted by Gasteiger charge is -2.16. The van der Waals surface area contributed by atoms with Gasteiger partial charge in [0, 0.05) is 6.20 Å². The number of carboxylic acids is 1. The number of aromatic nitrogens is 2. The van der Waals surface area contributed by atoms with Crippen molar-refractivity contribution in [1.29, 1.82) is 0 Å². The van der Waals surface area contributed by atoms with Crippen LogP contribution in [0.5, 0.6) is 5.75 Å². The monoisotopic (exact) mass is 465 g/mol. The molecule has 1 atom stereocenters. The second kappa shape index (κ2) is 8.84. The molecule has 1 unspecified atom stereocenters. The molecule has 0 aliphatic heterocycles. The van der Waals surface area contributed by atoms with Crippen molar-refractivity contribution in [3.05, 3.63) is 93.4 Å². The van der Waals surface area contributed by atoms with Gasteiger partial charge in [-0.1, -0.05) is 66.2 Å². The molecule has 0 spiro atoms. The number of halogens is 1. The van der Waals surface area contributed by atoms with Crippen LogP contribution in [0.2, 0.25) is 5.02 Å². The van der Waals surface area contributed by atoms with E-state index in [2.05, 4.69) is 5.32 Å². The molecule has 0 aliphatic rings. The molecule has 1 amide bonds. The highest BCUT2D eigenvalue weighted by molar-refractivity contribution is 6.31. The molecule has 9 heteroatoms. The summed E-state index contributed by atoms with van der Waals surface area (Å²) in [6.07, 6.45) is 1.46. The van der Waals surface area contributed by atoms with Crippen molar-refractivity contribution in [1.82, 2.24) is 14.5 Å². The Labute approximate surface area is 193 Å². The number of nitrogens with one attached hydrogen (secondary N) is 1. The number of nitrogens with zero attached hydrogens (tertiary/aromatic N) is 2. The predicted octanol–water partition coefficient (Wildman–Crippen LogP) is 3.38. The van der Waals surface area contributed by atoms with Crippen LogP contribution in [0.1, 0.15) is 22.8 Å². The maximum atomic E-state index is 13.2. The van der Waals surface area contributed by atoms with Gasteiger partial charge in [0.05, 0.1) is 11.6 Å². The molecule has 33 heavy (non-hydrogen) atoms. The highest BCUT2D eigenvalue weighted by Crippen LogP contribution is 2.26. The van der Waals surface area contributed by atoms with E-state index in [1.807, 2.05) is 54.6 Å². The number of amides is 1. The van der Waals surface area contributed by atoms with Crippen molar-refractivity contribution in [3.63, 3.8) is 0 Å². The molecule has 4 rings (SSSR count). The van der Waals surface area contributed by atoms with Crippen LogP contribution in [-0.4, -0.2) is 37.3 Å². The second-order valence-electron chi connectivity index (χ2n) is 7.57. The third kappa shape index (κ3) is 4.33. The molecule has 168 valence electrons. The standard InChI is InChI=1S/C24H20ClN3O5/c1-14(24(32)33)26-22(30)20-21(29)19-11-18(25)13-27(19)28(23(20)31)12-15-7-9-17(10-8-15)16-5-3-2-4-6-16/h2-11,13-14,29H,12H2,1H3,(H,26,30)(H,32,33). The van der Waals surface area contributed by atoms with Crippen molar-refractivity contribution in [2.75, 3.05) is 0 Å². The summed E-state index contributed by atoms with van der Waals surface area (Å²) in [6, 6.07) is 17.6. The van der Waals surface area contributed by atoms with E-state index in [-0.39, 0.29) is 17.1 Å².